The minimum atomic E-state index is 0.385. The lowest BCUT2D eigenvalue weighted by molar-refractivity contribution is 0.374. The number of ether oxygens (including phenoxy) is 4. The Labute approximate surface area is 173 Å². The zero-order valence-corrected chi connectivity index (χ0v) is 17.4. The van der Waals surface area contributed by atoms with Gasteiger partial charge in [0.05, 0.1) is 40.2 Å². The third kappa shape index (κ3) is 4.57. The second-order valence-corrected chi connectivity index (χ2v) is 6.36. The van der Waals surface area contributed by atoms with Crippen molar-refractivity contribution in [1.29, 1.82) is 0 Å². The summed E-state index contributed by atoms with van der Waals surface area (Å²) in [6, 6.07) is 11.3. The first-order valence-electron chi connectivity index (χ1n) is 8.73. The summed E-state index contributed by atoms with van der Waals surface area (Å²) in [6.07, 6.45) is 2.17. The molecular formula is C20H22N4O4S. The monoisotopic (exact) mass is 414 g/mol. The van der Waals surface area contributed by atoms with Gasteiger partial charge in [0, 0.05) is 18.6 Å². The van der Waals surface area contributed by atoms with E-state index >= 15 is 0 Å². The number of nitrogens with zero attached hydrogens (tertiary/aromatic N) is 3. The Kier molecular flexibility index (Phi) is 6.50. The summed E-state index contributed by atoms with van der Waals surface area (Å²) in [5, 5.41) is 11.6. The van der Waals surface area contributed by atoms with Crippen molar-refractivity contribution in [3.63, 3.8) is 0 Å². The molecule has 0 saturated carbocycles. The van der Waals surface area contributed by atoms with E-state index in [1.165, 1.54) is 0 Å². The molecule has 0 bridgehead atoms. The number of hydrogen-bond donors (Lipinski definition) is 1. The fourth-order valence-electron chi connectivity index (χ4n) is 2.76. The average Bonchev–Trinajstić information content (AvgIpc) is 3.11. The maximum atomic E-state index is 5.46. The van der Waals surface area contributed by atoms with E-state index in [1.807, 2.05) is 24.3 Å². The van der Waals surface area contributed by atoms with Crippen LogP contribution in [0.25, 0.3) is 0 Å². The lowest BCUT2D eigenvalue weighted by Crippen LogP contribution is -2.02. The highest BCUT2D eigenvalue weighted by Crippen LogP contribution is 2.32. The number of rotatable bonds is 8. The summed E-state index contributed by atoms with van der Waals surface area (Å²) < 4.78 is 23.3. The first-order valence-corrected chi connectivity index (χ1v) is 9.14. The molecule has 0 aliphatic heterocycles. The number of nitrogens with one attached hydrogen (secondary N) is 1. The second kappa shape index (κ2) is 9.24. The molecule has 0 aliphatic carbocycles. The lowest BCUT2D eigenvalue weighted by atomic mass is 10.1. The molecule has 0 saturated heterocycles. The number of aromatic amines is 1. The molecule has 1 heterocycles. The summed E-state index contributed by atoms with van der Waals surface area (Å²) in [5.41, 5.74) is 1.71. The van der Waals surface area contributed by atoms with E-state index in [0.29, 0.717) is 39.8 Å². The van der Waals surface area contributed by atoms with Gasteiger partial charge < -0.3 is 18.9 Å². The van der Waals surface area contributed by atoms with E-state index in [9.17, 15) is 0 Å². The molecule has 0 atom stereocenters. The van der Waals surface area contributed by atoms with E-state index in [2.05, 4.69) is 15.3 Å². The molecule has 3 rings (SSSR count). The number of benzene rings is 2. The molecule has 0 spiro atoms. The van der Waals surface area contributed by atoms with Gasteiger partial charge >= 0.3 is 0 Å². The largest absolute Gasteiger partial charge is 0.497 e. The molecule has 0 fully saturated rings. The molecule has 8 nitrogen and oxygen atoms in total. The van der Waals surface area contributed by atoms with Crippen molar-refractivity contribution in [2.75, 3.05) is 28.4 Å². The maximum Gasteiger partial charge on any atom is 0.216 e. The van der Waals surface area contributed by atoms with Crippen LogP contribution >= 0.6 is 12.2 Å². The van der Waals surface area contributed by atoms with Crippen LogP contribution in [0.15, 0.2) is 41.5 Å². The van der Waals surface area contributed by atoms with Gasteiger partial charge in [-0.1, -0.05) is 12.1 Å². The Bertz CT molecular complexity index is 1030. The standard InChI is InChI=1S/C20H22N4O4S/c1-25-14-7-5-13(6-8-14)9-19-22-23-20(29)24(19)21-12-16-17(27-3)10-15(26-2)11-18(16)28-4/h5-8,10-12H,9H2,1-4H3,(H,23,29)/b21-12-. The van der Waals surface area contributed by atoms with Crippen LogP contribution in [0, 0.1) is 4.77 Å². The molecule has 1 aromatic heterocycles. The first-order chi connectivity index (χ1) is 14.1. The Morgan fingerprint density at radius 3 is 2.14 bits per heavy atom. The fraction of sp³-hybridized carbons (Fsp3) is 0.250. The summed E-state index contributed by atoms with van der Waals surface area (Å²) in [7, 11) is 6.36. The van der Waals surface area contributed by atoms with Crippen molar-refractivity contribution in [2.45, 2.75) is 6.42 Å². The second-order valence-electron chi connectivity index (χ2n) is 5.97. The van der Waals surface area contributed by atoms with Crippen LogP contribution in [0.2, 0.25) is 0 Å². The van der Waals surface area contributed by atoms with Gasteiger partial charge in [-0.05, 0) is 29.9 Å². The first kappa shape index (κ1) is 20.4. The van der Waals surface area contributed by atoms with E-state index in [4.69, 9.17) is 31.2 Å². The van der Waals surface area contributed by atoms with E-state index < -0.39 is 0 Å². The predicted molar refractivity (Wildman–Crippen MR) is 112 cm³/mol. The van der Waals surface area contributed by atoms with Gasteiger partial charge in [0.2, 0.25) is 4.77 Å². The number of H-pyrrole nitrogens is 1. The highest BCUT2D eigenvalue weighted by atomic mass is 32.1. The Morgan fingerprint density at radius 2 is 1.59 bits per heavy atom. The van der Waals surface area contributed by atoms with Crippen LogP contribution in [0.3, 0.4) is 0 Å². The SMILES string of the molecule is COc1ccc(Cc2n[nH]c(=S)n2/N=C\c2c(OC)cc(OC)cc2OC)cc1. The number of aromatic nitrogens is 3. The van der Waals surface area contributed by atoms with Gasteiger partial charge in [0.1, 0.15) is 23.0 Å². The van der Waals surface area contributed by atoms with Gasteiger partial charge in [-0.25, -0.2) is 0 Å². The van der Waals surface area contributed by atoms with Crippen LogP contribution in [0.5, 0.6) is 23.0 Å². The molecule has 152 valence electrons. The molecule has 0 aliphatic rings. The summed E-state index contributed by atoms with van der Waals surface area (Å²) in [5.74, 6) is 3.22. The third-order valence-corrected chi connectivity index (χ3v) is 4.56. The highest BCUT2D eigenvalue weighted by Gasteiger charge is 2.13. The molecule has 2 aromatic carbocycles. The van der Waals surface area contributed by atoms with E-state index in [0.717, 1.165) is 11.3 Å². The summed E-state index contributed by atoms with van der Waals surface area (Å²) in [4.78, 5) is 0. The van der Waals surface area contributed by atoms with Crippen LogP contribution in [-0.2, 0) is 6.42 Å². The van der Waals surface area contributed by atoms with Gasteiger partial charge in [0.15, 0.2) is 5.82 Å². The molecule has 29 heavy (non-hydrogen) atoms. The van der Waals surface area contributed by atoms with Crippen LogP contribution in [0.4, 0.5) is 0 Å². The minimum absolute atomic E-state index is 0.385. The summed E-state index contributed by atoms with van der Waals surface area (Å²) >= 11 is 5.33. The normalized spacial score (nSPS) is 10.9. The Balaban J connectivity index is 1.94. The molecule has 9 heteroatoms. The van der Waals surface area contributed by atoms with Crippen molar-refractivity contribution in [3.05, 3.63) is 58.1 Å². The highest BCUT2D eigenvalue weighted by molar-refractivity contribution is 7.71. The molecule has 1 N–H and O–H groups in total. The lowest BCUT2D eigenvalue weighted by Gasteiger charge is -2.12. The van der Waals surface area contributed by atoms with E-state index in [-0.39, 0.29) is 0 Å². The molecule has 0 amide bonds. The quantitative estimate of drug-likeness (QED) is 0.449. The Hall–Kier alpha value is -3.33. The van der Waals surface area contributed by atoms with Crippen molar-refractivity contribution >= 4 is 18.4 Å². The summed E-state index contributed by atoms with van der Waals surface area (Å²) in [6.45, 7) is 0. The van der Waals surface area contributed by atoms with Crippen LogP contribution < -0.4 is 18.9 Å². The topological polar surface area (TPSA) is 82.9 Å². The predicted octanol–water partition coefficient (Wildman–Crippen LogP) is 3.45. The molecule has 3 aromatic rings. The Morgan fingerprint density at radius 1 is 0.966 bits per heavy atom. The smallest absolute Gasteiger partial charge is 0.216 e. The van der Waals surface area contributed by atoms with Gasteiger partial charge in [0.25, 0.3) is 0 Å². The van der Waals surface area contributed by atoms with Crippen molar-refractivity contribution in [2.24, 2.45) is 5.10 Å². The average molecular weight is 414 g/mol. The van der Waals surface area contributed by atoms with Gasteiger partial charge in [-0.3, -0.25) is 5.10 Å². The number of methoxy groups -OCH3 is 4. The maximum absolute atomic E-state index is 5.46. The fourth-order valence-corrected chi connectivity index (χ4v) is 2.96. The number of hydrogen-bond acceptors (Lipinski definition) is 7. The zero-order valence-electron chi connectivity index (χ0n) is 16.6. The molecular weight excluding hydrogens is 392 g/mol. The zero-order chi connectivity index (χ0) is 20.8. The van der Waals surface area contributed by atoms with Crippen molar-refractivity contribution in [3.8, 4) is 23.0 Å². The van der Waals surface area contributed by atoms with E-state index in [1.54, 1.807) is 51.5 Å². The van der Waals surface area contributed by atoms with Crippen LogP contribution in [-0.4, -0.2) is 49.5 Å². The molecule has 0 radical (unpaired) electrons. The van der Waals surface area contributed by atoms with Crippen molar-refractivity contribution < 1.29 is 18.9 Å². The van der Waals surface area contributed by atoms with Crippen LogP contribution in [0.1, 0.15) is 17.0 Å². The minimum Gasteiger partial charge on any atom is -0.497 e. The van der Waals surface area contributed by atoms with Gasteiger partial charge in [-0.2, -0.15) is 14.9 Å². The van der Waals surface area contributed by atoms with Gasteiger partial charge in [-0.15, -0.1) is 0 Å². The third-order valence-electron chi connectivity index (χ3n) is 4.29. The van der Waals surface area contributed by atoms with Crippen molar-refractivity contribution in [1.82, 2.24) is 14.9 Å². The molecule has 0 unspecified atom stereocenters.